The Morgan fingerprint density at radius 1 is 0.311 bits per heavy atom. The van der Waals surface area contributed by atoms with E-state index in [4.69, 9.17) is 0 Å². The largest absolute Gasteiger partial charge is 0.0622 e. The number of hydrogen-bond donors (Lipinski definition) is 0. The summed E-state index contributed by atoms with van der Waals surface area (Å²) in [5.41, 5.74) is 5.67. The predicted octanol–water partition coefficient (Wildman–Crippen LogP) is 13.6. The Morgan fingerprint density at radius 2 is 0.607 bits per heavy atom. The minimum Gasteiger partial charge on any atom is -0.0622 e. The molecule has 10 radical (unpaired) electrons. The molecule has 8 aromatic rings. The van der Waals surface area contributed by atoms with E-state index in [1.807, 2.05) is 0 Å². The first kappa shape index (κ1) is 43.3. The van der Waals surface area contributed by atoms with Gasteiger partial charge in [-0.3, -0.25) is 0 Å². The van der Waals surface area contributed by atoms with Crippen molar-refractivity contribution < 1.29 is 17.1 Å². The molecule has 2 fully saturated rings. The summed E-state index contributed by atoms with van der Waals surface area (Å²) in [6, 6.07) is 74.9. The van der Waals surface area contributed by atoms with E-state index in [1.54, 1.807) is 0 Å². The second-order valence-corrected chi connectivity index (χ2v) is 19.8. The van der Waals surface area contributed by atoms with Crippen LogP contribution in [0.4, 0.5) is 0 Å². The Balaban J connectivity index is 0.000000166. The first-order chi connectivity index (χ1) is 29.6. The summed E-state index contributed by atoms with van der Waals surface area (Å²) in [5.74, 6) is 3.56. The van der Waals surface area contributed by atoms with E-state index in [1.165, 1.54) is 77.0 Å². The molecule has 0 spiro atoms. The van der Waals surface area contributed by atoms with Crippen LogP contribution in [0.1, 0.15) is 36.8 Å². The number of fused-ring (bicyclic) bond motifs is 2. The van der Waals surface area contributed by atoms with Gasteiger partial charge in [-0.2, -0.15) is 0 Å². The van der Waals surface area contributed by atoms with Gasteiger partial charge in [0, 0.05) is 28.4 Å². The van der Waals surface area contributed by atoms with Crippen LogP contribution in [-0.2, 0) is 17.1 Å². The van der Waals surface area contributed by atoms with E-state index in [0.29, 0.717) is 11.8 Å². The molecule has 0 N–H and O–H groups in total. The summed E-state index contributed by atoms with van der Waals surface area (Å²) in [5, 5.41) is 10.8. The third-order valence-electron chi connectivity index (χ3n) is 11.7. The van der Waals surface area contributed by atoms with Crippen molar-refractivity contribution in [1.29, 1.82) is 0 Å². The summed E-state index contributed by atoms with van der Waals surface area (Å²) in [7, 11) is -1.17. The molecule has 0 aromatic heterocycles. The Bertz CT molecular complexity index is 2320. The molecule has 0 heterocycles. The predicted molar refractivity (Wildman–Crippen MR) is 262 cm³/mol. The van der Waals surface area contributed by atoms with Crippen LogP contribution in [-0.4, -0.2) is 0 Å². The molecule has 8 aromatic carbocycles. The Labute approximate surface area is 378 Å². The smallest absolute Gasteiger partial charge is 0.0201 e. The molecule has 298 valence electrons. The fraction of sp³-hybridized carbons (Fsp3) is 0.0690. The van der Waals surface area contributed by atoms with Crippen molar-refractivity contribution in [2.24, 2.45) is 0 Å². The number of benzene rings is 8. The van der Waals surface area contributed by atoms with E-state index in [2.05, 4.69) is 259 Å². The van der Waals surface area contributed by atoms with Crippen LogP contribution in [0, 0.1) is 61.7 Å². The van der Waals surface area contributed by atoms with Crippen LogP contribution in [0.15, 0.2) is 206 Å². The van der Waals surface area contributed by atoms with Gasteiger partial charge >= 0.3 is 0 Å². The molecule has 0 bridgehead atoms. The monoisotopic (exact) mass is 862 g/mol. The molecule has 0 nitrogen and oxygen atoms in total. The van der Waals surface area contributed by atoms with Crippen LogP contribution in [0.2, 0.25) is 0 Å². The van der Waals surface area contributed by atoms with Crippen molar-refractivity contribution in [2.45, 2.75) is 25.7 Å². The quantitative estimate of drug-likeness (QED) is 0.0949. The molecular formula is C58H48FeP2. The molecule has 0 saturated heterocycles. The molecule has 3 heteroatoms. The molecule has 2 aliphatic carbocycles. The van der Waals surface area contributed by atoms with Crippen LogP contribution in [0.5, 0.6) is 0 Å². The molecule has 61 heavy (non-hydrogen) atoms. The van der Waals surface area contributed by atoms with Gasteiger partial charge in [-0.25, -0.2) is 0 Å². The van der Waals surface area contributed by atoms with Crippen molar-refractivity contribution in [3.8, 4) is 0 Å². The number of rotatable bonds is 10. The molecule has 2 saturated carbocycles. The standard InChI is InChI=1S/2C29H24P.Fe/c2*1-22(24-20-19-23-11-8-9-12-25(23)21-24)28-17-10-18-29(28)30(26-13-4-2-5-14-26)27-15-6-3-7-16-27;/h2*2-22H,1H3;/t2*22-;/m11./s1. The molecule has 0 unspecified atom stereocenters. The first-order valence-corrected chi connectivity index (χ1v) is 23.6. The molecule has 2 aliphatic rings. The van der Waals surface area contributed by atoms with Crippen LogP contribution in [0.25, 0.3) is 21.5 Å². The zero-order chi connectivity index (χ0) is 40.7. The first-order valence-electron chi connectivity index (χ1n) is 20.9. The average Bonchev–Trinajstić information content (AvgIpc) is 4.01. The maximum Gasteiger partial charge on any atom is 0.0201 e. The van der Waals surface area contributed by atoms with Gasteiger partial charge in [-0.05, 0) is 132 Å². The van der Waals surface area contributed by atoms with E-state index in [9.17, 15) is 0 Å². The van der Waals surface area contributed by atoms with Crippen molar-refractivity contribution in [1.82, 2.24) is 0 Å². The van der Waals surface area contributed by atoms with Crippen molar-refractivity contribution in [3.63, 3.8) is 0 Å². The van der Waals surface area contributed by atoms with E-state index >= 15 is 0 Å². The fourth-order valence-corrected chi connectivity index (χ4v) is 13.6. The van der Waals surface area contributed by atoms with Crippen molar-refractivity contribution in [2.75, 3.05) is 0 Å². The van der Waals surface area contributed by atoms with Gasteiger partial charge in [0.1, 0.15) is 0 Å². The minimum absolute atomic E-state index is 0. The minimum atomic E-state index is -0.587. The van der Waals surface area contributed by atoms with Crippen molar-refractivity contribution >= 4 is 58.6 Å². The van der Waals surface area contributed by atoms with E-state index in [0.717, 1.165) is 0 Å². The Morgan fingerprint density at radius 3 is 0.934 bits per heavy atom. The zero-order valence-corrected chi connectivity index (χ0v) is 37.4. The maximum atomic E-state index is 2.35. The van der Waals surface area contributed by atoms with E-state index in [-0.39, 0.29) is 17.1 Å². The van der Waals surface area contributed by atoms with Gasteiger partial charge < -0.3 is 0 Å². The van der Waals surface area contributed by atoms with Crippen molar-refractivity contribution in [3.05, 3.63) is 279 Å². The summed E-state index contributed by atoms with van der Waals surface area (Å²) in [6.07, 6.45) is 13.7. The van der Waals surface area contributed by atoms with Gasteiger partial charge in [0.05, 0.1) is 0 Å². The van der Waals surface area contributed by atoms with E-state index < -0.39 is 15.8 Å². The molecular weight excluding hydrogens is 814 g/mol. The molecule has 2 atom stereocenters. The van der Waals surface area contributed by atoms with Gasteiger partial charge in [0.2, 0.25) is 0 Å². The topological polar surface area (TPSA) is 0 Å². The van der Waals surface area contributed by atoms with Crippen LogP contribution in [0.3, 0.4) is 0 Å². The zero-order valence-electron chi connectivity index (χ0n) is 34.5. The average molecular weight is 863 g/mol. The summed E-state index contributed by atoms with van der Waals surface area (Å²) >= 11 is 0. The van der Waals surface area contributed by atoms with Gasteiger partial charge in [-0.1, -0.05) is 220 Å². The normalized spacial score (nSPS) is 16.1. The molecule has 0 aliphatic heterocycles. The summed E-state index contributed by atoms with van der Waals surface area (Å²) in [6.45, 7) is 4.68. The molecule has 0 amide bonds. The third-order valence-corrected chi connectivity index (χ3v) is 16.7. The SMILES string of the molecule is C[C@@H]([C]1[CH][CH][CH][C]1P(c1ccccc1)c1ccccc1)c1ccc2ccccc2c1.C[C@@H]([C]1[CH][CH][CH][C]1P(c1ccccc1)c1ccccc1)c1ccc2ccccc2c1.[Fe]. The summed E-state index contributed by atoms with van der Waals surface area (Å²) in [4.78, 5) is 0. The second kappa shape index (κ2) is 20.7. The van der Waals surface area contributed by atoms with Gasteiger partial charge in [0.15, 0.2) is 0 Å². The third kappa shape index (κ3) is 9.83. The van der Waals surface area contributed by atoms with Crippen LogP contribution >= 0.6 is 15.8 Å². The maximum absolute atomic E-state index is 2.35. The Kier molecular flexibility index (Phi) is 14.7. The molecule has 10 rings (SSSR count). The second-order valence-electron chi connectivity index (χ2n) is 15.4. The van der Waals surface area contributed by atoms with Crippen LogP contribution < -0.4 is 21.2 Å². The number of hydrogen-bond acceptors (Lipinski definition) is 0. The van der Waals surface area contributed by atoms with Gasteiger partial charge in [0.25, 0.3) is 0 Å². The van der Waals surface area contributed by atoms with Gasteiger partial charge in [-0.15, -0.1) is 0 Å². The fourth-order valence-electron chi connectivity index (χ4n) is 8.46. The summed E-state index contributed by atoms with van der Waals surface area (Å²) < 4.78 is 0. The Hall–Kier alpha value is -4.34.